The Morgan fingerprint density at radius 1 is 1.15 bits per heavy atom. The second-order valence-corrected chi connectivity index (χ2v) is 10.1. The zero-order valence-corrected chi connectivity index (χ0v) is 19.4. The number of carbonyl (C=O) groups excluding carboxylic acids is 1. The summed E-state index contributed by atoms with van der Waals surface area (Å²) in [6.45, 7) is 3.03. The van der Waals surface area contributed by atoms with Crippen LogP contribution in [0.15, 0.2) is 58.8 Å². The molecule has 2 heterocycles. The third-order valence-electron chi connectivity index (χ3n) is 4.99. The summed E-state index contributed by atoms with van der Waals surface area (Å²) < 4.78 is 50.7. The Morgan fingerprint density at radius 2 is 1.82 bits per heavy atom. The molecule has 11 heteroatoms. The quantitative estimate of drug-likeness (QED) is 0.544. The number of carbonyl (C=O) groups is 1. The zero-order chi connectivity index (χ0) is 23.4. The Labute approximate surface area is 195 Å². The molecule has 0 radical (unpaired) electrons. The van der Waals surface area contributed by atoms with E-state index in [1.165, 1.54) is 39.9 Å². The summed E-state index contributed by atoms with van der Waals surface area (Å²) in [6.07, 6.45) is -0.813. The SMILES string of the molecule is C[C@@H](Oc1ccc(F)cc1)C(=O)Nc1nc(-c2ccc(S(=O)(=O)N3CCOCC3)cc2)cs1. The van der Waals surface area contributed by atoms with Crippen LogP contribution in [0.3, 0.4) is 0 Å². The number of rotatable bonds is 7. The van der Waals surface area contributed by atoms with E-state index in [9.17, 15) is 17.6 Å². The number of hydrogen-bond donors (Lipinski definition) is 1. The van der Waals surface area contributed by atoms with Crippen molar-refractivity contribution < 1.29 is 27.1 Å². The van der Waals surface area contributed by atoms with E-state index in [2.05, 4.69) is 10.3 Å². The Morgan fingerprint density at radius 3 is 2.48 bits per heavy atom. The molecule has 1 atom stereocenters. The van der Waals surface area contributed by atoms with Gasteiger partial charge in [0, 0.05) is 24.0 Å². The highest BCUT2D eigenvalue weighted by molar-refractivity contribution is 7.89. The lowest BCUT2D eigenvalue weighted by Gasteiger charge is -2.26. The van der Waals surface area contributed by atoms with Gasteiger partial charge in [0.1, 0.15) is 11.6 Å². The van der Waals surface area contributed by atoms with Gasteiger partial charge in [-0.3, -0.25) is 10.1 Å². The number of amides is 1. The Kier molecular flexibility index (Phi) is 7.03. The first-order valence-corrected chi connectivity index (χ1v) is 12.5. The van der Waals surface area contributed by atoms with Gasteiger partial charge < -0.3 is 9.47 Å². The molecule has 0 saturated carbocycles. The number of nitrogens with one attached hydrogen (secondary N) is 1. The molecular weight excluding hydrogens is 469 g/mol. The second-order valence-electron chi connectivity index (χ2n) is 7.28. The van der Waals surface area contributed by atoms with Crippen LogP contribution >= 0.6 is 11.3 Å². The fourth-order valence-corrected chi connectivity index (χ4v) is 5.31. The molecule has 174 valence electrons. The monoisotopic (exact) mass is 491 g/mol. The van der Waals surface area contributed by atoms with E-state index in [1.54, 1.807) is 36.6 Å². The molecule has 0 spiro atoms. The molecule has 8 nitrogen and oxygen atoms in total. The molecule has 0 unspecified atom stereocenters. The first-order valence-electron chi connectivity index (χ1n) is 10.2. The van der Waals surface area contributed by atoms with Gasteiger partial charge in [-0.2, -0.15) is 4.31 Å². The highest BCUT2D eigenvalue weighted by Gasteiger charge is 2.26. The van der Waals surface area contributed by atoms with Crippen molar-refractivity contribution in [2.45, 2.75) is 17.9 Å². The predicted molar refractivity (Wildman–Crippen MR) is 122 cm³/mol. The maximum atomic E-state index is 13.0. The highest BCUT2D eigenvalue weighted by Crippen LogP contribution is 2.27. The van der Waals surface area contributed by atoms with Gasteiger partial charge >= 0.3 is 0 Å². The molecule has 1 fully saturated rings. The molecule has 3 aromatic rings. The van der Waals surface area contributed by atoms with Crippen molar-refractivity contribution >= 4 is 32.4 Å². The van der Waals surface area contributed by atoms with Crippen LogP contribution in [0.1, 0.15) is 6.92 Å². The van der Waals surface area contributed by atoms with Crippen LogP contribution in [-0.4, -0.2) is 56.0 Å². The van der Waals surface area contributed by atoms with Crippen LogP contribution in [0.25, 0.3) is 11.3 Å². The van der Waals surface area contributed by atoms with Crippen LogP contribution in [0, 0.1) is 5.82 Å². The van der Waals surface area contributed by atoms with Gasteiger partial charge in [-0.05, 0) is 43.3 Å². The summed E-state index contributed by atoms with van der Waals surface area (Å²) in [4.78, 5) is 17.0. The molecule has 1 aliphatic heterocycles. The summed E-state index contributed by atoms with van der Waals surface area (Å²) >= 11 is 1.24. The van der Waals surface area contributed by atoms with Crippen molar-refractivity contribution in [3.8, 4) is 17.0 Å². The number of nitrogens with zero attached hydrogens (tertiary/aromatic N) is 2. The van der Waals surface area contributed by atoms with Gasteiger partial charge in [-0.1, -0.05) is 12.1 Å². The number of thiazole rings is 1. The summed E-state index contributed by atoms with van der Waals surface area (Å²) in [6, 6.07) is 11.9. The second kappa shape index (κ2) is 9.96. The lowest BCUT2D eigenvalue weighted by Crippen LogP contribution is -2.40. The molecule has 1 aliphatic rings. The fourth-order valence-electron chi connectivity index (χ4n) is 3.18. The molecule has 1 saturated heterocycles. The maximum Gasteiger partial charge on any atom is 0.266 e. The van der Waals surface area contributed by atoms with Crippen molar-refractivity contribution in [3.05, 3.63) is 59.7 Å². The predicted octanol–water partition coefficient (Wildman–Crippen LogP) is 3.38. The van der Waals surface area contributed by atoms with Crippen molar-refractivity contribution in [2.24, 2.45) is 0 Å². The van der Waals surface area contributed by atoms with Crippen LogP contribution in [0.2, 0.25) is 0 Å². The normalized spacial score (nSPS) is 15.7. The lowest BCUT2D eigenvalue weighted by atomic mass is 10.2. The van der Waals surface area contributed by atoms with Crippen LogP contribution in [0.5, 0.6) is 5.75 Å². The van der Waals surface area contributed by atoms with Gasteiger partial charge in [-0.15, -0.1) is 11.3 Å². The number of aromatic nitrogens is 1. The minimum Gasteiger partial charge on any atom is -0.481 e. The van der Waals surface area contributed by atoms with Gasteiger partial charge in [0.15, 0.2) is 11.2 Å². The molecule has 2 aromatic carbocycles. The van der Waals surface area contributed by atoms with Crippen molar-refractivity contribution in [1.82, 2.24) is 9.29 Å². The molecule has 0 bridgehead atoms. The maximum absolute atomic E-state index is 13.0. The summed E-state index contributed by atoms with van der Waals surface area (Å²) in [5, 5.41) is 4.85. The van der Waals surface area contributed by atoms with E-state index in [0.717, 1.165) is 5.56 Å². The highest BCUT2D eigenvalue weighted by atomic mass is 32.2. The number of ether oxygens (including phenoxy) is 2. The van der Waals surface area contributed by atoms with E-state index in [4.69, 9.17) is 9.47 Å². The standard InChI is InChI=1S/C22H22FN3O5S2/c1-15(31-18-6-4-17(23)5-7-18)21(27)25-22-24-20(14-32-22)16-2-8-19(9-3-16)33(28,29)26-10-12-30-13-11-26/h2-9,14-15H,10-13H2,1H3,(H,24,25,27)/t15-/m1/s1. The number of anilines is 1. The molecule has 1 N–H and O–H groups in total. The first-order chi connectivity index (χ1) is 15.8. The minimum atomic E-state index is -3.57. The Hall–Kier alpha value is -2.86. The number of benzene rings is 2. The van der Waals surface area contributed by atoms with E-state index in [1.807, 2.05) is 0 Å². The van der Waals surface area contributed by atoms with Crippen molar-refractivity contribution in [2.75, 3.05) is 31.6 Å². The van der Waals surface area contributed by atoms with E-state index in [-0.39, 0.29) is 10.7 Å². The average molecular weight is 492 g/mol. The molecule has 4 rings (SSSR count). The van der Waals surface area contributed by atoms with E-state index >= 15 is 0 Å². The summed E-state index contributed by atoms with van der Waals surface area (Å²) in [7, 11) is -3.57. The van der Waals surface area contributed by atoms with Crippen LogP contribution < -0.4 is 10.1 Å². The first kappa shape index (κ1) is 23.3. The third-order valence-corrected chi connectivity index (χ3v) is 7.66. The smallest absolute Gasteiger partial charge is 0.266 e. The number of halogens is 1. The van der Waals surface area contributed by atoms with Gasteiger partial charge in [0.05, 0.1) is 23.8 Å². The Bertz CT molecular complexity index is 1210. The van der Waals surface area contributed by atoms with Crippen molar-refractivity contribution in [3.63, 3.8) is 0 Å². The topological polar surface area (TPSA) is 97.8 Å². The van der Waals surface area contributed by atoms with Crippen molar-refractivity contribution in [1.29, 1.82) is 0 Å². The van der Waals surface area contributed by atoms with Crippen LogP contribution in [0.4, 0.5) is 9.52 Å². The molecule has 1 aromatic heterocycles. The molecular formula is C22H22FN3O5S2. The average Bonchev–Trinajstić information content (AvgIpc) is 3.29. The zero-order valence-electron chi connectivity index (χ0n) is 17.7. The molecule has 1 amide bonds. The number of morpholine rings is 1. The van der Waals surface area contributed by atoms with E-state index in [0.29, 0.717) is 42.9 Å². The molecule has 0 aliphatic carbocycles. The molecule has 33 heavy (non-hydrogen) atoms. The lowest BCUT2D eigenvalue weighted by molar-refractivity contribution is -0.122. The van der Waals surface area contributed by atoms with Gasteiger partial charge in [0.2, 0.25) is 10.0 Å². The number of hydrogen-bond acceptors (Lipinski definition) is 7. The van der Waals surface area contributed by atoms with Gasteiger partial charge in [-0.25, -0.2) is 17.8 Å². The van der Waals surface area contributed by atoms with Gasteiger partial charge in [0.25, 0.3) is 5.91 Å². The van der Waals surface area contributed by atoms with E-state index < -0.39 is 22.0 Å². The largest absolute Gasteiger partial charge is 0.481 e. The minimum absolute atomic E-state index is 0.212. The summed E-state index contributed by atoms with van der Waals surface area (Å²) in [5.74, 6) is -0.403. The van der Waals surface area contributed by atoms with Crippen LogP contribution in [-0.2, 0) is 19.6 Å². The summed E-state index contributed by atoms with van der Waals surface area (Å²) in [5.41, 5.74) is 1.33. The fraction of sp³-hybridized carbons (Fsp3) is 0.273. The third kappa shape index (κ3) is 5.56. The Balaban J connectivity index is 1.39. The number of sulfonamides is 1.